The van der Waals surface area contributed by atoms with Crippen LogP contribution in [0.15, 0.2) is 85.5 Å². The molecule has 256 valence electrons. The molecule has 8 nitrogen and oxygen atoms in total. The lowest BCUT2D eigenvalue weighted by molar-refractivity contribution is -0.253. The molecule has 0 spiro atoms. The first-order chi connectivity index (χ1) is 23.4. The molecule has 0 unspecified atom stereocenters. The highest BCUT2D eigenvalue weighted by atomic mass is 16.7. The Morgan fingerprint density at radius 1 is 0.875 bits per heavy atom. The van der Waals surface area contributed by atoms with Gasteiger partial charge in [0.1, 0.15) is 0 Å². The molecule has 1 heterocycles. The van der Waals surface area contributed by atoms with Gasteiger partial charge in [0.2, 0.25) is 5.91 Å². The third-order valence-corrected chi connectivity index (χ3v) is 9.46. The molecule has 3 atom stereocenters. The van der Waals surface area contributed by atoms with E-state index in [1.165, 1.54) is 25.7 Å². The number of ether oxygens (including phenoxy) is 2. The van der Waals surface area contributed by atoms with Crippen molar-refractivity contribution < 1.29 is 29.3 Å². The number of carbonyl (C=O) groups excluding carboxylic acids is 1. The van der Waals surface area contributed by atoms with Gasteiger partial charge in [-0.1, -0.05) is 86.0 Å². The molecule has 3 aromatic carbocycles. The molecule has 8 heteroatoms. The predicted octanol–water partition coefficient (Wildman–Crippen LogP) is 7.47. The largest absolute Gasteiger partial charge is 0.481 e. The summed E-state index contributed by atoms with van der Waals surface area (Å²) in [5.41, 5.74) is 5.98. The Morgan fingerprint density at radius 3 is 2.33 bits per heavy atom. The smallest absolute Gasteiger partial charge is 0.303 e. The number of benzene rings is 3. The minimum atomic E-state index is -0.799. The van der Waals surface area contributed by atoms with E-state index in [1.807, 2.05) is 48.5 Å². The molecule has 1 aliphatic heterocycles. The van der Waals surface area contributed by atoms with Crippen LogP contribution >= 0.6 is 0 Å². The van der Waals surface area contributed by atoms with Gasteiger partial charge in [-0.2, -0.15) is 0 Å². The molecule has 5 rings (SSSR count). The van der Waals surface area contributed by atoms with Crippen LogP contribution in [0.2, 0.25) is 0 Å². The zero-order chi connectivity index (χ0) is 33.7. The van der Waals surface area contributed by atoms with E-state index >= 15 is 0 Å². The molecule has 1 saturated heterocycles. The average molecular weight is 655 g/mol. The highest BCUT2D eigenvalue weighted by molar-refractivity contribution is 5.76. The number of hydrogen-bond donors (Lipinski definition) is 3. The van der Waals surface area contributed by atoms with Crippen LogP contribution in [0.4, 0.5) is 0 Å². The Labute approximate surface area is 284 Å². The summed E-state index contributed by atoms with van der Waals surface area (Å²) >= 11 is 0. The summed E-state index contributed by atoms with van der Waals surface area (Å²) in [7, 11) is 0. The van der Waals surface area contributed by atoms with Crippen molar-refractivity contribution in [3.63, 3.8) is 0 Å². The van der Waals surface area contributed by atoms with E-state index in [1.54, 1.807) is 0 Å². The van der Waals surface area contributed by atoms with Crippen molar-refractivity contribution in [2.24, 2.45) is 0 Å². The first kappa shape index (κ1) is 35.5. The molecule has 48 heavy (non-hydrogen) atoms. The zero-order valence-corrected chi connectivity index (χ0v) is 27.9. The molecule has 1 aliphatic carbocycles. The fraction of sp³-hybridized carbons (Fsp3) is 0.450. The van der Waals surface area contributed by atoms with Gasteiger partial charge in [0, 0.05) is 50.5 Å². The molecule has 3 aromatic rings. The first-order valence-electron chi connectivity index (χ1n) is 17.4. The van der Waals surface area contributed by atoms with Crippen molar-refractivity contribution in [2.75, 3.05) is 13.1 Å². The van der Waals surface area contributed by atoms with Gasteiger partial charge in [-0.3, -0.25) is 14.5 Å². The van der Waals surface area contributed by atoms with E-state index in [-0.39, 0.29) is 31.1 Å². The summed E-state index contributed by atoms with van der Waals surface area (Å²) in [6.07, 6.45) is 9.52. The Kier molecular flexibility index (Phi) is 13.4. The van der Waals surface area contributed by atoms with E-state index < -0.39 is 12.3 Å². The average Bonchev–Trinajstić information content (AvgIpc) is 3.66. The molecule has 1 amide bonds. The SMILES string of the molecule is C=CCN(C[C@@H]1C[C@H](c2ccc(CO)cc2)O[C@H](c2cccc(-c3cccc(CNC(=O)CCCCCC(=O)O)c3)c2)O1)C1CCCC1. The number of rotatable bonds is 17. The van der Waals surface area contributed by atoms with Crippen LogP contribution in [0.5, 0.6) is 0 Å². The van der Waals surface area contributed by atoms with E-state index in [9.17, 15) is 14.7 Å². The normalized spacial score (nSPS) is 19.8. The Balaban J connectivity index is 1.28. The van der Waals surface area contributed by atoms with E-state index in [0.717, 1.165) is 59.3 Å². The minimum Gasteiger partial charge on any atom is -0.481 e. The molecule has 0 radical (unpaired) electrons. The van der Waals surface area contributed by atoms with Crippen molar-refractivity contribution in [3.05, 3.63) is 108 Å². The number of nitrogens with zero attached hydrogens (tertiary/aromatic N) is 1. The fourth-order valence-corrected chi connectivity index (χ4v) is 6.86. The zero-order valence-electron chi connectivity index (χ0n) is 27.9. The Bertz CT molecular complexity index is 1490. The highest BCUT2D eigenvalue weighted by Gasteiger charge is 2.34. The van der Waals surface area contributed by atoms with Gasteiger partial charge in [-0.25, -0.2) is 0 Å². The molecule has 3 N–H and O–H groups in total. The van der Waals surface area contributed by atoms with Crippen molar-refractivity contribution in [1.82, 2.24) is 10.2 Å². The number of amides is 1. The molecular weight excluding hydrogens is 604 g/mol. The summed E-state index contributed by atoms with van der Waals surface area (Å²) in [6.45, 7) is 6.12. The summed E-state index contributed by atoms with van der Waals surface area (Å²) < 4.78 is 13.4. The maximum atomic E-state index is 12.4. The standard InChI is InChI=1S/C40H50N2O6/c1-2-22-42(35-14-6-7-15-35)27-36-25-37(31-20-18-29(28-43)19-21-31)48-40(47-36)34-13-9-12-33(24-34)32-11-8-10-30(23-32)26-41-38(44)16-4-3-5-17-39(45)46/h2,8-13,18-21,23-24,35-37,40,43H,1,3-7,14-17,22,25-28H2,(H,41,44)(H,45,46)/t36-,37+,40+/m0/s1. The van der Waals surface area contributed by atoms with Gasteiger partial charge in [-0.15, -0.1) is 6.58 Å². The van der Waals surface area contributed by atoms with E-state index in [4.69, 9.17) is 14.6 Å². The van der Waals surface area contributed by atoms with Gasteiger partial charge >= 0.3 is 5.97 Å². The number of aliphatic hydroxyl groups excluding tert-OH is 1. The molecule has 0 bridgehead atoms. The summed E-state index contributed by atoms with van der Waals surface area (Å²) in [5.74, 6) is -0.827. The molecule has 1 saturated carbocycles. The van der Waals surface area contributed by atoms with Gasteiger partial charge < -0.3 is 25.0 Å². The lowest BCUT2D eigenvalue weighted by Gasteiger charge is -2.39. The van der Waals surface area contributed by atoms with Crippen LogP contribution in [-0.2, 0) is 32.2 Å². The Morgan fingerprint density at radius 2 is 1.60 bits per heavy atom. The topological polar surface area (TPSA) is 108 Å². The van der Waals surface area contributed by atoms with Crippen molar-refractivity contribution in [3.8, 4) is 11.1 Å². The molecule has 2 aliphatic rings. The molecular formula is C40H50N2O6. The number of aliphatic carboxylic acids is 1. The van der Waals surface area contributed by atoms with E-state index in [2.05, 4.69) is 47.1 Å². The summed E-state index contributed by atoms with van der Waals surface area (Å²) in [6, 6.07) is 25.0. The summed E-state index contributed by atoms with van der Waals surface area (Å²) in [5, 5.41) is 21.4. The predicted molar refractivity (Wildman–Crippen MR) is 187 cm³/mol. The molecule has 0 aromatic heterocycles. The number of hydrogen-bond acceptors (Lipinski definition) is 6. The Hall–Kier alpha value is -3.82. The quantitative estimate of drug-likeness (QED) is 0.102. The fourth-order valence-electron chi connectivity index (χ4n) is 6.86. The first-order valence-corrected chi connectivity index (χ1v) is 17.4. The van der Waals surface area contributed by atoms with Crippen LogP contribution < -0.4 is 5.32 Å². The van der Waals surface area contributed by atoms with Crippen LogP contribution in [0.25, 0.3) is 11.1 Å². The van der Waals surface area contributed by atoms with Gasteiger partial charge in [-0.05, 0) is 65.6 Å². The van der Waals surface area contributed by atoms with Crippen molar-refractivity contribution >= 4 is 11.9 Å². The number of carbonyl (C=O) groups is 2. The van der Waals surface area contributed by atoms with Crippen molar-refractivity contribution in [1.29, 1.82) is 0 Å². The van der Waals surface area contributed by atoms with Gasteiger partial charge in [0.05, 0.1) is 18.8 Å². The monoisotopic (exact) mass is 654 g/mol. The summed E-state index contributed by atoms with van der Waals surface area (Å²) in [4.78, 5) is 25.6. The number of nitrogens with one attached hydrogen (secondary N) is 1. The lowest BCUT2D eigenvalue weighted by Crippen LogP contribution is -2.43. The second-order valence-electron chi connectivity index (χ2n) is 13.1. The van der Waals surface area contributed by atoms with Crippen LogP contribution in [0, 0.1) is 0 Å². The van der Waals surface area contributed by atoms with Crippen LogP contribution in [0.3, 0.4) is 0 Å². The molecule has 2 fully saturated rings. The minimum absolute atomic E-state index is 0.00854. The number of carboxylic acids is 1. The lowest BCUT2D eigenvalue weighted by atomic mass is 9.98. The second-order valence-corrected chi connectivity index (χ2v) is 13.1. The third kappa shape index (κ3) is 10.3. The third-order valence-electron chi connectivity index (χ3n) is 9.46. The highest BCUT2D eigenvalue weighted by Crippen LogP contribution is 2.39. The van der Waals surface area contributed by atoms with Crippen molar-refractivity contribution in [2.45, 2.75) is 102 Å². The maximum Gasteiger partial charge on any atom is 0.303 e. The van der Waals surface area contributed by atoms with Crippen LogP contribution in [0.1, 0.15) is 98.9 Å². The van der Waals surface area contributed by atoms with E-state index in [0.29, 0.717) is 31.8 Å². The van der Waals surface area contributed by atoms with Crippen LogP contribution in [-0.4, -0.2) is 52.2 Å². The number of unbranched alkanes of at least 4 members (excludes halogenated alkanes) is 2. The second kappa shape index (κ2) is 18.1. The maximum absolute atomic E-state index is 12.4. The van der Waals surface area contributed by atoms with Gasteiger partial charge in [0.25, 0.3) is 0 Å². The number of carboxylic acid groups (broad SMARTS) is 1. The van der Waals surface area contributed by atoms with Gasteiger partial charge in [0.15, 0.2) is 6.29 Å². The number of aliphatic hydroxyl groups is 1.